The van der Waals surface area contributed by atoms with Crippen LogP contribution in [0.1, 0.15) is 16.1 Å². The van der Waals surface area contributed by atoms with E-state index in [1.54, 1.807) is 24.3 Å². The Balaban J connectivity index is 2.48. The first-order valence-corrected chi connectivity index (χ1v) is 5.28. The van der Waals surface area contributed by atoms with Crippen LogP contribution in [-0.2, 0) is 0 Å². The summed E-state index contributed by atoms with van der Waals surface area (Å²) in [5.74, 6) is 1.26. The van der Waals surface area contributed by atoms with Crippen LogP contribution >= 0.6 is 22.9 Å². The van der Waals surface area contributed by atoms with Crippen LogP contribution in [0.2, 0.25) is 0 Å². The van der Waals surface area contributed by atoms with Gasteiger partial charge in [0, 0.05) is 0 Å². The Morgan fingerprint density at radius 2 is 2.36 bits per heavy atom. The molecule has 2 aromatic rings. The van der Waals surface area contributed by atoms with Crippen LogP contribution in [0.5, 0.6) is 0 Å². The lowest BCUT2D eigenvalue weighted by atomic mass is 10.2. The highest BCUT2D eigenvalue weighted by atomic mass is 35.5. The van der Waals surface area contributed by atoms with Gasteiger partial charge in [-0.25, -0.2) is 0 Å². The quantitative estimate of drug-likeness (QED) is 0.731. The van der Waals surface area contributed by atoms with Gasteiger partial charge >= 0.3 is 0 Å². The molecule has 0 N–H and O–H groups in total. The summed E-state index contributed by atoms with van der Waals surface area (Å²) in [6.45, 7) is 1.73. The van der Waals surface area contributed by atoms with Gasteiger partial charge in [-0.1, -0.05) is 6.07 Å². The molecule has 2 aromatic heterocycles. The second-order valence-corrected chi connectivity index (χ2v) is 4.12. The maximum atomic E-state index is 11.0. The van der Waals surface area contributed by atoms with Crippen molar-refractivity contribution in [2.45, 2.75) is 6.92 Å². The van der Waals surface area contributed by atoms with Gasteiger partial charge < -0.3 is 4.42 Å². The predicted molar refractivity (Wildman–Crippen MR) is 56.9 cm³/mol. The van der Waals surface area contributed by atoms with E-state index in [1.165, 1.54) is 0 Å². The van der Waals surface area contributed by atoms with E-state index in [1.807, 2.05) is 17.5 Å². The average Bonchev–Trinajstić information content (AvgIpc) is 2.70. The Bertz CT molecular complexity index is 456. The summed E-state index contributed by atoms with van der Waals surface area (Å²) in [5, 5.41) is 1.48. The first-order valence-electron chi connectivity index (χ1n) is 4.02. The molecule has 0 amide bonds. The van der Waals surface area contributed by atoms with E-state index in [4.69, 9.17) is 16.0 Å². The van der Waals surface area contributed by atoms with Gasteiger partial charge in [0.2, 0.25) is 0 Å². The summed E-state index contributed by atoms with van der Waals surface area (Å²) in [7, 11) is 0. The second-order valence-electron chi connectivity index (χ2n) is 2.83. The van der Waals surface area contributed by atoms with Crippen LogP contribution in [0.4, 0.5) is 0 Å². The molecule has 0 bridgehead atoms. The minimum atomic E-state index is -0.478. The lowest BCUT2D eigenvalue weighted by Crippen LogP contribution is -1.86. The molecule has 0 aromatic carbocycles. The van der Waals surface area contributed by atoms with Crippen molar-refractivity contribution in [3.05, 3.63) is 34.9 Å². The number of rotatable bonds is 2. The molecule has 0 saturated heterocycles. The van der Waals surface area contributed by atoms with Crippen LogP contribution in [0.15, 0.2) is 28.0 Å². The Morgan fingerprint density at radius 3 is 2.86 bits per heavy atom. The highest BCUT2D eigenvalue weighted by Gasteiger charge is 2.14. The molecule has 72 valence electrons. The van der Waals surface area contributed by atoms with E-state index < -0.39 is 5.24 Å². The molecular weight excluding hydrogens is 220 g/mol. The number of carbonyl (C=O) groups is 1. The summed E-state index contributed by atoms with van der Waals surface area (Å²) in [4.78, 5) is 12.0. The van der Waals surface area contributed by atoms with E-state index in [2.05, 4.69) is 0 Å². The van der Waals surface area contributed by atoms with Crippen molar-refractivity contribution in [2.24, 2.45) is 0 Å². The van der Waals surface area contributed by atoms with E-state index in [9.17, 15) is 4.79 Å². The fraction of sp³-hybridized carbons (Fsp3) is 0.100. The minimum Gasteiger partial charge on any atom is -0.460 e. The number of hydrogen-bond acceptors (Lipinski definition) is 3. The molecule has 0 aliphatic rings. The van der Waals surface area contributed by atoms with E-state index >= 15 is 0 Å². The summed E-state index contributed by atoms with van der Waals surface area (Å²) in [5.41, 5.74) is 0.440. The lowest BCUT2D eigenvalue weighted by molar-refractivity contribution is 0.108. The third-order valence-corrected chi connectivity index (χ3v) is 2.98. The SMILES string of the molecule is Cc1oc(-c2cccs2)cc1C(=O)Cl. The second kappa shape index (κ2) is 3.59. The van der Waals surface area contributed by atoms with E-state index in [0.29, 0.717) is 17.1 Å². The predicted octanol–water partition coefficient (Wildman–Crippen LogP) is 3.70. The minimum absolute atomic E-state index is 0.440. The van der Waals surface area contributed by atoms with Crippen molar-refractivity contribution in [3.8, 4) is 10.6 Å². The van der Waals surface area contributed by atoms with Crippen molar-refractivity contribution in [3.63, 3.8) is 0 Å². The smallest absolute Gasteiger partial charge is 0.255 e. The Kier molecular flexibility index (Phi) is 2.44. The maximum Gasteiger partial charge on any atom is 0.255 e. The van der Waals surface area contributed by atoms with E-state index in [0.717, 1.165) is 4.88 Å². The summed E-state index contributed by atoms with van der Waals surface area (Å²) < 4.78 is 5.43. The number of thiophene rings is 1. The van der Waals surface area contributed by atoms with Crippen LogP contribution < -0.4 is 0 Å². The fourth-order valence-corrected chi connectivity index (χ4v) is 2.08. The molecule has 2 rings (SSSR count). The van der Waals surface area contributed by atoms with Gasteiger partial charge in [0.15, 0.2) is 0 Å². The van der Waals surface area contributed by atoms with Crippen LogP contribution in [-0.4, -0.2) is 5.24 Å². The Morgan fingerprint density at radius 1 is 1.57 bits per heavy atom. The molecule has 0 saturated carbocycles. The Labute approximate surface area is 90.1 Å². The van der Waals surface area contributed by atoms with Gasteiger partial charge in [0.25, 0.3) is 5.24 Å². The van der Waals surface area contributed by atoms with Crippen molar-refractivity contribution in [1.29, 1.82) is 0 Å². The zero-order valence-corrected chi connectivity index (χ0v) is 8.98. The van der Waals surface area contributed by atoms with Gasteiger partial charge in [0.1, 0.15) is 11.5 Å². The van der Waals surface area contributed by atoms with Crippen molar-refractivity contribution < 1.29 is 9.21 Å². The number of aryl methyl sites for hydroxylation is 1. The molecule has 0 radical (unpaired) electrons. The highest BCUT2D eigenvalue weighted by molar-refractivity contribution is 7.13. The molecule has 0 atom stereocenters. The molecule has 0 fully saturated rings. The zero-order valence-electron chi connectivity index (χ0n) is 7.41. The third kappa shape index (κ3) is 1.61. The average molecular weight is 227 g/mol. The van der Waals surface area contributed by atoms with Gasteiger partial charge in [0.05, 0.1) is 10.4 Å². The molecular formula is C10H7ClO2S. The molecule has 0 spiro atoms. The first-order chi connectivity index (χ1) is 6.68. The number of carbonyl (C=O) groups excluding carboxylic acids is 1. The summed E-state index contributed by atoms with van der Waals surface area (Å²) in [6, 6.07) is 5.54. The topological polar surface area (TPSA) is 30.2 Å². The number of furan rings is 1. The van der Waals surface area contributed by atoms with E-state index in [-0.39, 0.29) is 0 Å². The first kappa shape index (κ1) is 9.49. The maximum absolute atomic E-state index is 11.0. The van der Waals surface area contributed by atoms with Crippen LogP contribution in [0.25, 0.3) is 10.6 Å². The standard InChI is InChI=1S/C10H7ClO2S/c1-6-7(10(11)12)5-8(13-6)9-3-2-4-14-9/h2-5H,1H3. The van der Waals surface area contributed by atoms with Crippen molar-refractivity contribution in [2.75, 3.05) is 0 Å². The van der Waals surface area contributed by atoms with Crippen molar-refractivity contribution >= 4 is 28.2 Å². The van der Waals surface area contributed by atoms with Crippen molar-refractivity contribution in [1.82, 2.24) is 0 Å². The number of hydrogen-bond donors (Lipinski definition) is 0. The van der Waals surface area contributed by atoms with Gasteiger partial charge in [-0.3, -0.25) is 4.79 Å². The third-order valence-electron chi connectivity index (χ3n) is 1.89. The van der Waals surface area contributed by atoms with Gasteiger partial charge in [-0.2, -0.15) is 0 Å². The summed E-state index contributed by atoms with van der Waals surface area (Å²) >= 11 is 6.95. The monoisotopic (exact) mass is 226 g/mol. The number of halogens is 1. The highest BCUT2D eigenvalue weighted by Crippen LogP contribution is 2.29. The zero-order chi connectivity index (χ0) is 10.1. The van der Waals surface area contributed by atoms with Gasteiger partial charge in [-0.15, -0.1) is 11.3 Å². The summed E-state index contributed by atoms with van der Waals surface area (Å²) in [6.07, 6.45) is 0. The fourth-order valence-electron chi connectivity index (χ4n) is 1.22. The largest absolute Gasteiger partial charge is 0.460 e. The van der Waals surface area contributed by atoms with Crippen LogP contribution in [0, 0.1) is 6.92 Å². The molecule has 0 aliphatic carbocycles. The molecule has 14 heavy (non-hydrogen) atoms. The normalized spacial score (nSPS) is 10.4. The molecule has 4 heteroatoms. The lowest BCUT2D eigenvalue weighted by Gasteiger charge is -1.87. The molecule has 2 heterocycles. The molecule has 0 aliphatic heterocycles. The van der Waals surface area contributed by atoms with Gasteiger partial charge in [-0.05, 0) is 36.0 Å². The molecule has 2 nitrogen and oxygen atoms in total. The molecule has 0 unspecified atom stereocenters. The Hall–Kier alpha value is -1.06. The van der Waals surface area contributed by atoms with Crippen LogP contribution in [0.3, 0.4) is 0 Å².